The SMILES string of the molecule is CCCCCCCCCCCCCCOc1ccc2cc(C(=O)Oc3ccc(C4C=CC=C4)cc3)ccc2c1. The normalized spacial score (nSPS) is 12.8. The van der Waals surface area contributed by atoms with Crippen LogP contribution in [0.15, 0.2) is 85.0 Å². The summed E-state index contributed by atoms with van der Waals surface area (Å²) in [6, 6.07) is 19.4. The summed E-state index contributed by atoms with van der Waals surface area (Å²) in [5.74, 6) is 1.38. The summed E-state index contributed by atoms with van der Waals surface area (Å²) < 4.78 is 11.6. The van der Waals surface area contributed by atoms with Crippen LogP contribution in [0, 0.1) is 0 Å². The lowest BCUT2D eigenvalue weighted by molar-refractivity contribution is 0.0735. The number of carbonyl (C=O) groups is 1. The van der Waals surface area contributed by atoms with E-state index in [1.54, 1.807) is 0 Å². The van der Waals surface area contributed by atoms with Crippen LogP contribution in [-0.2, 0) is 0 Å². The lowest BCUT2D eigenvalue weighted by atomic mass is 10.0. The van der Waals surface area contributed by atoms with E-state index in [1.807, 2.05) is 66.7 Å². The molecule has 0 amide bonds. The number of allylic oxidation sites excluding steroid dienone is 4. The molecular weight excluding hydrogens is 480 g/mol. The van der Waals surface area contributed by atoms with E-state index in [0.29, 0.717) is 17.2 Å². The van der Waals surface area contributed by atoms with E-state index in [-0.39, 0.29) is 5.97 Å². The highest BCUT2D eigenvalue weighted by molar-refractivity contribution is 5.96. The van der Waals surface area contributed by atoms with Crippen LogP contribution in [0.25, 0.3) is 10.8 Å². The van der Waals surface area contributed by atoms with Crippen LogP contribution in [0.4, 0.5) is 0 Å². The molecule has 3 aromatic rings. The second kappa shape index (κ2) is 15.9. The summed E-state index contributed by atoms with van der Waals surface area (Å²) in [6.45, 7) is 3.03. The number of hydrogen-bond acceptors (Lipinski definition) is 3. The molecule has 39 heavy (non-hydrogen) atoms. The van der Waals surface area contributed by atoms with Crippen LogP contribution < -0.4 is 9.47 Å². The van der Waals surface area contributed by atoms with Crippen molar-refractivity contribution in [3.8, 4) is 11.5 Å². The molecule has 0 unspecified atom stereocenters. The van der Waals surface area contributed by atoms with Crippen molar-refractivity contribution >= 4 is 16.7 Å². The molecule has 0 saturated carbocycles. The van der Waals surface area contributed by atoms with Crippen molar-refractivity contribution < 1.29 is 14.3 Å². The molecule has 0 spiro atoms. The topological polar surface area (TPSA) is 35.5 Å². The number of ether oxygens (including phenoxy) is 2. The Hall–Kier alpha value is -3.33. The maximum Gasteiger partial charge on any atom is 0.343 e. The molecule has 0 saturated heterocycles. The molecule has 206 valence electrons. The minimum atomic E-state index is -0.349. The first-order valence-corrected chi connectivity index (χ1v) is 15.1. The van der Waals surface area contributed by atoms with E-state index < -0.39 is 0 Å². The number of carbonyl (C=O) groups excluding carboxylic acids is 1. The second-order valence-corrected chi connectivity index (χ2v) is 10.7. The Balaban J connectivity index is 1.14. The van der Waals surface area contributed by atoms with E-state index in [4.69, 9.17) is 9.47 Å². The van der Waals surface area contributed by atoms with Crippen LogP contribution in [0.2, 0.25) is 0 Å². The van der Waals surface area contributed by atoms with Gasteiger partial charge in [0, 0.05) is 5.92 Å². The number of unbranched alkanes of at least 4 members (excludes halogenated alkanes) is 11. The first-order valence-electron chi connectivity index (χ1n) is 15.1. The summed E-state index contributed by atoms with van der Waals surface area (Å²) in [4.78, 5) is 12.7. The quantitative estimate of drug-likeness (QED) is 0.100. The van der Waals surface area contributed by atoms with Crippen LogP contribution in [0.3, 0.4) is 0 Å². The lowest BCUT2D eigenvalue weighted by Gasteiger charge is -2.10. The molecule has 0 heterocycles. The fourth-order valence-electron chi connectivity index (χ4n) is 5.15. The summed E-state index contributed by atoms with van der Waals surface area (Å²) >= 11 is 0. The van der Waals surface area contributed by atoms with Gasteiger partial charge >= 0.3 is 5.97 Å². The zero-order chi connectivity index (χ0) is 27.1. The van der Waals surface area contributed by atoms with Crippen LogP contribution in [-0.4, -0.2) is 12.6 Å². The Morgan fingerprint density at radius 2 is 1.21 bits per heavy atom. The van der Waals surface area contributed by atoms with Crippen LogP contribution in [0.5, 0.6) is 11.5 Å². The maximum atomic E-state index is 12.7. The molecule has 3 nitrogen and oxygen atoms in total. The Morgan fingerprint density at radius 3 is 1.87 bits per heavy atom. The van der Waals surface area contributed by atoms with Gasteiger partial charge in [0.2, 0.25) is 0 Å². The predicted octanol–water partition coefficient (Wildman–Crippen LogP) is 10.3. The fraction of sp³-hybridized carbons (Fsp3) is 0.417. The number of rotatable bonds is 17. The van der Waals surface area contributed by atoms with Crippen molar-refractivity contribution in [3.05, 3.63) is 96.1 Å². The Kier molecular flexibility index (Phi) is 11.7. The van der Waals surface area contributed by atoms with Crippen LogP contribution >= 0.6 is 0 Å². The highest BCUT2D eigenvalue weighted by Crippen LogP contribution is 2.26. The van der Waals surface area contributed by atoms with Gasteiger partial charge in [0.25, 0.3) is 0 Å². The van der Waals surface area contributed by atoms with E-state index in [2.05, 4.69) is 25.1 Å². The smallest absolute Gasteiger partial charge is 0.343 e. The minimum absolute atomic E-state index is 0.300. The van der Waals surface area contributed by atoms with Gasteiger partial charge in [-0.3, -0.25) is 0 Å². The zero-order valence-electron chi connectivity index (χ0n) is 23.6. The summed E-state index contributed by atoms with van der Waals surface area (Å²) in [5.41, 5.74) is 1.72. The molecule has 0 N–H and O–H groups in total. The Morgan fingerprint density at radius 1 is 0.641 bits per heavy atom. The molecule has 0 atom stereocenters. The molecule has 3 aromatic carbocycles. The van der Waals surface area contributed by atoms with Crippen molar-refractivity contribution in [2.45, 2.75) is 89.9 Å². The van der Waals surface area contributed by atoms with Gasteiger partial charge in [-0.25, -0.2) is 4.79 Å². The van der Waals surface area contributed by atoms with Crippen molar-refractivity contribution in [1.82, 2.24) is 0 Å². The summed E-state index contributed by atoms with van der Waals surface area (Å²) in [7, 11) is 0. The molecule has 1 aliphatic carbocycles. The Labute approximate surface area is 234 Å². The van der Waals surface area contributed by atoms with Crippen molar-refractivity contribution in [2.75, 3.05) is 6.61 Å². The van der Waals surface area contributed by atoms with E-state index >= 15 is 0 Å². The molecule has 3 heteroatoms. The number of hydrogen-bond donors (Lipinski definition) is 0. The standard InChI is InChI=1S/C36H44O3/c1-2-3-4-5-6-7-8-9-10-11-12-15-26-38-35-25-22-31-27-33(19-18-32(31)28-35)36(37)39-34-23-20-30(21-24-34)29-16-13-14-17-29/h13-14,16-25,27-29H,2-12,15,26H2,1H3. The first-order chi connectivity index (χ1) is 19.2. The van der Waals surface area contributed by atoms with Crippen molar-refractivity contribution in [3.63, 3.8) is 0 Å². The monoisotopic (exact) mass is 524 g/mol. The van der Waals surface area contributed by atoms with Crippen LogP contribution in [0.1, 0.15) is 106 Å². The summed E-state index contributed by atoms with van der Waals surface area (Å²) in [5, 5.41) is 2.05. The molecular formula is C36H44O3. The van der Waals surface area contributed by atoms with E-state index in [0.717, 1.165) is 29.5 Å². The number of esters is 1. The van der Waals surface area contributed by atoms with Gasteiger partial charge in [-0.15, -0.1) is 0 Å². The zero-order valence-corrected chi connectivity index (χ0v) is 23.6. The second-order valence-electron chi connectivity index (χ2n) is 10.7. The third-order valence-electron chi connectivity index (χ3n) is 7.54. The van der Waals surface area contributed by atoms with E-state index in [1.165, 1.54) is 76.2 Å². The molecule has 4 rings (SSSR count). The molecule has 0 bridgehead atoms. The van der Waals surface area contributed by atoms with Crippen molar-refractivity contribution in [2.24, 2.45) is 0 Å². The molecule has 1 aliphatic rings. The fourth-order valence-corrected chi connectivity index (χ4v) is 5.15. The highest BCUT2D eigenvalue weighted by Gasteiger charge is 2.12. The summed E-state index contributed by atoms with van der Waals surface area (Å²) in [6.07, 6.45) is 24.5. The Bertz CT molecular complexity index is 1210. The van der Waals surface area contributed by atoms with Gasteiger partial charge in [0.1, 0.15) is 11.5 Å². The van der Waals surface area contributed by atoms with Gasteiger partial charge in [0.15, 0.2) is 0 Å². The van der Waals surface area contributed by atoms with E-state index in [9.17, 15) is 4.79 Å². The lowest BCUT2D eigenvalue weighted by Crippen LogP contribution is -2.08. The maximum absolute atomic E-state index is 12.7. The third-order valence-corrected chi connectivity index (χ3v) is 7.54. The van der Waals surface area contributed by atoms with Gasteiger partial charge in [-0.1, -0.05) is 126 Å². The molecule has 0 aliphatic heterocycles. The minimum Gasteiger partial charge on any atom is -0.494 e. The average Bonchev–Trinajstić information content (AvgIpc) is 3.51. The molecule has 0 aromatic heterocycles. The first kappa shape index (κ1) is 28.7. The average molecular weight is 525 g/mol. The van der Waals surface area contributed by atoms with Crippen molar-refractivity contribution in [1.29, 1.82) is 0 Å². The third kappa shape index (κ3) is 9.42. The molecule has 0 radical (unpaired) electrons. The predicted molar refractivity (Wildman–Crippen MR) is 163 cm³/mol. The number of benzene rings is 3. The van der Waals surface area contributed by atoms with Gasteiger partial charge < -0.3 is 9.47 Å². The molecule has 0 fully saturated rings. The van der Waals surface area contributed by atoms with Gasteiger partial charge in [0.05, 0.1) is 12.2 Å². The number of fused-ring (bicyclic) bond motifs is 1. The van der Waals surface area contributed by atoms with Gasteiger partial charge in [-0.2, -0.15) is 0 Å². The largest absolute Gasteiger partial charge is 0.494 e. The highest BCUT2D eigenvalue weighted by atomic mass is 16.5. The van der Waals surface area contributed by atoms with Gasteiger partial charge in [-0.05, 0) is 59.2 Å².